The van der Waals surface area contributed by atoms with Crippen LogP contribution < -0.4 is 0 Å². The fourth-order valence-electron chi connectivity index (χ4n) is 3.58. The van der Waals surface area contributed by atoms with E-state index in [-0.39, 0.29) is 5.91 Å². The average Bonchev–Trinajstić information content (AvgIpc) is 3.24. The number of carbonyl (C=O) groups excluding carboxylic acids is 1. The van der Waals surface area contributed by atoms with Crippen LogP contribution in [0.1, 0.15) is 30.3 Å². The zero-order valence-corrected chi connectivity index (χ0v) is 13.8. The molecule has 0 radical (unpaired) electrons. The van der Waals surface area contributed by atoms with Gasteiger partial charge in [-0.3, -0.25) is 9.89 Å². The lowest BCUT2D eigenvalue weighted by atomic mass is 9.95. The van der Waals surface area contributed by atoms with E-state index in [1.807, 2.05) is 46.7 Å². The zero-order valence-electron chi connectivity index (χ0n) is 13.8. The molecule has 124 valence electrons. The molecule has 0 unspecified atom stereocenters. The molecule has 0 spiro atoms. The fourth-order valence-corrected chi connectivity index (χ4v) is 3.58. The molecule has 0 bridgehead atoms. The Kier molecular flexibility index (Phi) is 3.80. The molecule has 1 N–H and O–H groups in total. The van der Waals surface area contributed by atoms with Crippen molar-refractivity contribution in [2.45, 2.75) is 32.2 Å². The predicted octanol–water partition coefficient (Wildman–Crippen LogP) is 2.47. The number of fused-ring (bicyclic) bond motifs is 1. The Morgan fingerprint density at radius 2 is 2.21 bits per heavy atom. The molecule has 2 aromatic heterocycles. The van der Waals surface area contributed by atoms with Crippen molar-refractivity contribution in [1.82, 2.24) is 24.6 Å². The molecule has 3 heterocycles. The summed E-state index contributed by atoms with van der Waals surface area (Å²) in [4.78, 5) is 19.3. The minimum Gasteiger partial charge on any atom is -0.340 e. The van der Waals surface area contributed by atoms with E-state index in [0.29, 0.717) is 12.5 Å². The number of imidazole rings is 1. The molecule has 3 aromatic rings. The predicted molar refractivity (Wildman–Crippen MR) is 91.6 cm³/mol. The number of aromatic nitrogens is 4. The molecular weight excluding hydrogens is 302 g/mol. The van der Waals surface area contributed by atoms with Crippen LogP contribution >= 0.6 is 0 Å². The van der Waals surface area contributed by atoms with Gasteiger partial charge in [0.05, 0.1) is 11.0 Å². The number of likely N-dealkylation sites (tertiary alicyclic amines) is 1. The normalized spacial score (nSPS) is 18.2. The van der Waals surface area contributed by atoms with Gasteiger partial charge < -0.3 is 9.47 Å². The Morgan fingerprint density at radius 1 is 1.33 bits per heavy atom. The van der Waals surface area contributed by atoms with Gasteiger partial charge in [-0.25, -0.2) is 4.98 Å². The van der Waals surface area contributed by atoms with Crippen molar-refractivity contribution in [3.63, 3.8) is 0 Å². The summed E-state index contributed by atoms with van der Waals surface area (Å²) in [6.07, 6.45) is 3.90. The zero-order chi connectivity index (χ0) is 16.5. The van der Waals surface area contributed by atoms with Gasteiger partial charge >= 0.3 is 0 Å². The molecule has 6 nitrogen and oxygen atoms in total. The van der Waals surface area contributed by atoms with Gasteiger partial charge in [0.2, 0.25) is 5.91 Å². The van der Waals surface area contributed by atoms with Crippen molar-refractivity contribution in [3.05, 3.63) is 48.0 Å². The molecule has 1 atom stereocenters. The van der Waals surface area contributed by atoms with Crippen LogP contribution in [-0.4, -0.2) is 43.6 Å². The number of amides is 1. The number of nitrogens with one attached hydrogen (secondary N) is 1. The highest BCUT2D eigenvalue weighted by atomic mass is 16.2. The number of piperidine rings is 1. The number of hydrogen-bond acceptors (Lipinski definition) is 3. The number of H-pyrrole nitrogens is 1. The summed E-state index contributed by atoms with van der Waals surface area (Å²) in [7, 11) is 0. The number of benzene rings is 1. The number of para-hydroxylation sites is 2. The van der Waals surface area contributed by atoms with Gasteiger partial charge in [0.1, 0.15) is 12.4 Å². The van der Waals surface area contributed by atoms with Crippen molar-refractivity contribution >= 4 is 16.9 Å². The number of aromatic amines is 1. The first kappa shape index (κ1) is 14.9. The molecule has 0 aliphatic carbocycles. The van der Waals surface area contributed by atoms with Crippen LogP contribution in [0.5, 0.6) is 0 Å². The Balaban J connectivity index is 1.52. The molecule has 1 aliphatic heterocycles. The first-order chi connectivity index (χ1) is 11.7. The third kappa shape index (κ3) is 2.68. The molecule has 1 fully saturated rings. The molecule has 24 heavy (non-hydrogen) atoms. The standard InChI is InChI=1S/C18H21N5O/c1-13-20-16-6-2-3-7-17(16)23(13)12-18(24)22-10-4-5-14(11-22)15-8-9-19-21-15/h2-3,6-9,14H,4-5,10-12H2,1H3,(H,19,21)/t14-/m1/s1. The molecule has 6 heteroatoms. The van der Waals surface area contributed by atoms with Crippen molar-refractivity contribution in [2.24, 2.45) is 0 Å². The summed E-state index contributed by atoms with van der Waals surface area (Å²) in [5.74, 6) is 1.39. The van der Waals surface area contributed by atoms with Crippen LogP contribution in [0.2, 0.25) is 0 Å². The van der Waals surface area contributed by atoms with Crippen molar-refractivity contribution in [1.29, 1.82) is 0 Å². The van der Waals surface area contributed by atoms with Crippen LogP contribution in [0, 0.1) is 6.92 Å². The van der Waals surface area contributed by atoms with Crippen molar-refractivity contribution in [2.75, 3.05) is 13.1 Å². The van der Waals surface area contributed by atoms with Crippen LogP contribution in [0.4, 0.5) is 0 Å². The molecule has 0 saturated carbocycles. The van der Waals surface area contributed by atoms with E-state index < -0.39 is 0 Å². The quantitative estimate of drug-likeness (QED) is 0.805. The SMILES string of the molecule is Cc1nc2ccccc2n1CC(=O)N1CCC[C@@H](c2ccn[nH]2)C1. The number of aryl methyl sites for hydroxylation is 1. The smallest absolute Gasteiger partial charge is 0.242 e. The van der Waals surface area contributed by atoms with Gasteiger partial charge in [0.25, 0.3) is 0 Å². The summed E-state index contributed by atoms with van der Waals surface area (Å²) in [6, 6.07) is 9.97. The number of carbonyl (C=O) groups is 1. The lowest BCUT2D eigenvalue weighted by Gasteiger charge is -2.32. The van der Waals surface area contributed by atoms with E-state index >= 15 is 0 Å². The first-order valence-electron chi connectivity index (χ1n) is 8.41. The molecule has 1 amide bonds. The highest BCUT2D eigenvalue weighted by Gasteiger charge is 2.26. The van der Waals surface area contributed by atoms with Gasteiger partial charge in [0, 0.05) is 30.9 Å². The van der Waals surface area contributed by atoms with E-state index in [1.165, 1.54) is 0 Å². The summed E-state index contributed by atoms with van der Waals surface area (Å²) in [5, 5.41) is 7.08. The van der Waals surface area contributed by atoms with Crippen LogP contribution in [-0.2, 0) is 11.3 Å². The Morgan fingerprint density at radius 3 is 3.04 bits per heavy atom. The van der Waals surface area contributed by atoms with Crippen LogP contribution in [0.3, 0.4) is 0 Å². The lowest BCUT2D eigenvalue weighted by Crippen LogP contribution is -2.41. The number of nitrogens with zero attached hydrogens (tertiary/aromatic N) is 4. The van der Waals surface area contributed by atoms with Crippen LogP contribution in [0.15, 0.2) is 36.5 Å². The summed E-state index contributed by atoms with van der Waals surface area (Å²) in [5.41, 5.74) is 3.08. The summed E-state index contributed by atoms with van der Waals surface area (Å²) >= 11 is 0. The Hall–Kier alpha value is -2.63. The summed E-state index contributed by atoms with van der Waals surface area (Å²) < 4.78 is 2.01. The summed E-state index contributed by atoms with van der Waals surface area (Å²) in [6.45, 7) is 3.89. The van der Waals surface area contributed by atoms with Crippen molar-refractivity contribution < 1.29 is 4.79 Å². The average molecular weight is 323 g/mol. The maximum Gasteiger partial charge on any atom is 0.242 e. The molecule has 1 aromatic carbocycles. The van der Waals surface area contributed by atoms with Crippen LogP contribution in [0.25, 0.3) is 11.0 Å². The van der Waals surface area contributed by atoms with E-state index in [9.17, 15) is 4.79 Å². The fraction of sp³-hybridized carbons (Fsp3) is 0.389. The Bertz CT molecular complexity index is 852. The van der Waals surface area contributed by atoms with E-state index in [0.717, 1.165) is 48.5 Å². The highest BCUT2D eigenvalue weighted by molar-refractivity contribution is 5.81. The maximum absolute atomic E-state index is 12.8. The van der Waals surface area contributed by atoms with Crippen molar-refractivity contribution in [3.8, 4) is 0 Å². The molecular formula is C18H21N5O. The largest absolute Gasteiger partial charge is 0.340 e. The van der Waals surface area contributed by atoms with Gasteiger partial charge in [-0.15, -0.1) is 0 Å². The number of rotatable bonds is 3. The van der Waals surface area contributed by atoms with Gasteiger partial charge in [0.15, 0.2) is 0 Å². The molecule has 1 aliphatic rings. The van der Waals surface area contributed by atoms with E-state index in [4.69, 9.17) is 0 Å². The minimum atomic E-state index is 0.158. The highest BCUT2D eigenvalue weighted by Crippen LogP contribution is 2.25. The first-order valence-corrected chi connectivity index (χ1v) is 8.41. The van der Waals surface area contributed by atoms with Gasteiger partial charge in [-0.05, 0) is 38.0 Å². The maximum atomic E-state index is 12.8. The molecule has 4 rings (SSSR count). The third-order valence-electron chi connectivity index (χ3n) is 4.87. The number of hydrogen-bond donors (Lipinski definition) is 1. The second-order valence-electron chi connectivity index (χ2n) is 6.42. The monoisotopic (exact) mass is 323 g/mol. The Labute approximate surface area is 140 Å². The van der Waals surface area contributed by atoms with Gasteiger partial charge in [-0.2, -0.15) is 5.10 Å². The minimum absolute atomic E-state index is 0.158. The van der Waals surface area contributed by atoms with E-state index in [1.54, 1.807) is 6.20 Å². The second-order valence-corrected chi connectivity index (χ2v) is 6.42. The lowest BCUT2D eigenvalue weighted by molar-refractivity contribution is -0.133. The third-order valence-corrected chi connectivity index (χ3v) is 4.87. The second kappa shape index (κ2) is 6.11. The topological polar surface area (TPSA) is 66.8 Å². The van der Waals surface area contributed by atoms with Gasteiger partial charge in [-0.1, -0.05) is 12.1 Å². The molecule has 1 saturated heterocycles. The van der Waals surface area contributed by atoms with E-state index in [2.05, 4.69) is 15.2 Å².